The Morgan fingerprint density at radius 3 is 2.38 bits per heavy atom. The lowest BCUT2D eigenvalue weighted by molar-refractivity contribution is 0.00408. The molecule has 0 aliphatic carbocycles. The van der Waals surface area contributed by atoms with Crippen molar-refractivity contribution in [2.45, 2.75) is 58.0 Å². The highest BCUT2D eigenvalue weighted by Crippen LogP contribution is 2.27. The molecular weight excluding hydrogens is 496 g/mol. The van der Waals surface area contributed by atoms with Crippen molar-refractivity contribution in [3.8, 4) is 5.75 Å². The number of likely N-dealkylation sites (tertiary alicyclic amines) is 1. The van der Waals surface area contributed by atoms with E-state index in [1.807, 2.05) is 87.5 Å². The van der Waals surface area contributed by atoms with E-state index in [4.69, 9.17) is 18.9 Å². The monoisotopic (exact) mass is 534 g/mol. The molecule has 1 aliphatic heterocycles. The maximum absolute atomic E-state index is 13.8. The van der Waals surface area contributed by atoms with Gasteiger partial charge in [-0.2, -0.15) is 0 Å². The number of fused-ring (bicyclic) bond motifs is 1. The van der Waals surface area contributed by atoms with Gasteiger partial charge in [-0.15, -0.1) is 0 Å². The van der Waals surface area contributed by atoms with Crippen LogP contribution < -0.4 is 10.1 Å². The standard InChI is InChI=1S/C31H38N2O6/c1-31(2,3)39-30(35)33-16-10-15-27(37-20-22-11-6-5-7-12-22)26(19-33)32-29(34)25-17-23-13-8-9-14-24(23)18-28(25)38-21-36-4/h5-9,11-14,17-18,26-27H,10,15-16,19-21H2,1-4H3,(H,32,34)/t26-,27-/m1/s1. The summed E-state index contributed by atoms with van der Waals surface area (Å²) in [5.41, 5.74) is 0.811. The van der Waals surface area contributed by atoms with E-state index in [1.165, 1.54) is 7.11 Å². The lowest BCUT2D eigenvalue weighted by Gasteiger charge is -2.31. The molecule has 39 heavy (non-hydrogen) atoms. The van der Waals surface area contributed by atoms with Gasteiger partial charge >= 0.3 is 6.09 Å². The SMILES string of the molecule is COCOc1cc2ccccc2cc1C(=O)N[C@@H]1CN(C(=O)OC(C)(C)C)CCC[C@H]1OCc1ccccc1. The number of carbonyl (C=O) groups excluding carboxylic acids is 2. The smallest absolute Gasteiger partial charge is 0.410 e. The number of ether oxygens (including phenoxy) is 4. The molecule has 8 nitrogen and oxygen atoms in total. The van der Waals surface area contributed by atoms with E-state index < -0.39 is 17.7 Å². The zero-order valence-electron chi connectivity index (χ0n) is 23.1. The van der Waals surface area contributed by atoms with E-state index in [1.54, 1.807) is 4.90 Å². The molecule has 0 aromatic heterocycles. The number of nitrogens with one attached hydrogen (secondary N) is 1. The van der Waals surface area contributed by atoms with Crippen molar-refractivity contribution < 1.29 is 28.5 Å². The van der Waals surface area contributed by atoms with E-state index in [0.717, 1.165) is 22.8 Å². The molecule has 0 unspecified atom stereocenters. The van der Waals surface area contributed by atoms with Crippen molar-refractivity contribution in [3.05, 3.63) is 77.9 Å². The number of benzene rings is 3. The predicted molar refractivity (Wildman–Crippen MR) is 150 cm³/mol. The van der Waals surface area contributed by atoms with Crippen molar-refractivity contribution in [2.24, 2.45) is 0 Å². The van der Waals surface area contributed by atoms with Gasteiger partial charge < -0.3 is 29.2 Å². The van der Waals surface area contributed by atoms with Crippen molar-refractivity contribution in [1.29, 1.82) is 0 Å². The van der Waals surface area contributed by atoms with Crippen LogP contribution in [0.3, 0.4) is 0 Å². The average Bonchev–Trinajstić information content (AvgIpc) is 3.12. The number of hydrogen-bond donors (Lipinski definition) is 1. The topological polar surface area (TPSA) is 86.3 Å². The first-order chi connectivity index (χ1) is 18.7. The number of hydrogen-bond acceptors (Lipinski definition) is 6. The van der Waals surface area contributed by atoms with Crippen LogP contribution in [0, 0.1) is 0 Å². The van der Waals surface area contributed by atoms with Crippen LogP contribution in [-0.2, 0) is 20.8 Å². The Balaban J connectivity index is 1.60. The molecule has 2 atom stereocenters. The molecule has 1 aliphatic rings. The fourth-order valence-corrected chi connectivity index (χ4v) is 4.62. The fourth-order valence-electron chi connectivity index (χ4n) is 4.62. The molecule has 1 fully saturated rings. The first-order valence-corrected chi connectivity index (χ1v) is 13.3. The largest absolute Gasteiger partial charge is 0.467 e. The Labute approximate surface area is 230 Å². The van der Waals surface area contributed by atoms with Gasteiger partial charge in [0.2, 0.25) is 0 Å². The molecule has 0 bridgehead atoms. The highest BCUT2D eigenvalue weighted by Gasteiger charge is 2.34. The summed E-state index contributed by atoms with van der Waals surface area (Å²) in [6, 6.07) is 20.9. The van der Waals surface area contributed by atoms with Gasteiger partial charge in [-0.3, -0.25) is 4.79 Å². The van der Waals surface area contributed by atoms with Gasteiger partial charge in [-0.05, 0) is 62.1 Å². The van der Waals surface area contributed by atoms with Gasteiger partial charge in [-0.25, -0.2) is 4.79 Å². The number of amides is 2. The van der Waals surface area contributed by atoms with Crippen LogP contribution in [0.4, 0.5) is 4.79 Å². The van der Waals surface area contributed by atoms with Gasteiger partial charge in [-0.1, -0.05) is 54.6 Å². The molecule has 4 rings (SSSR count). The van der Waals surface area contributed by atoms with Crippen LogP contribution in [0.5, 0.6) is 5.75 Å². The average molecular weight is 535 g/mol. The lowest BCUT2D eigenvalue weighted by Crippen LogP contribution is -2.51. The Morgan fingerprint density at radius 1 is 1.00 bits per heavy atom. The molecule has 2 amide bonds. The minimum atomic E-state index is -0.621. The third-order valence-corrected chi connectivity index (χ3v) is 6.48. The molecule has 0 saturated carbocycles. The molecule has 1 N–H and O–H groups in total. The fraction of sp³-hybridized carbons (Fsp3) is 0.419. The highest BCUT2D eigenvalue weighted by molar-refractivity contribution is 6.01. The van der Waals surface area contributed by atoms with E-state index in [-0.39, 0.29) is 25.3 Å². The van der Waals surface area contributed by atoms with E-state index >= 15 is 0 Å². The summed E-state index contributed by atoms with van der Waals surface area (Å²) in [6.07, 6.45) is 0.705. The van der Waals surface area contributed by atoms with Crippen molar-refractivity contribution >= 4 is 22.8 Å². The molecule has 0 spiro atoms. The molecular formula is C31H38N2O6. The first kappa shape index (κ1) is 28.4. The van der Waals surface area contributed by atoms with Crippen molar-refractivity contribution in [3.63, 3.8) is 0 Å². The summed E-state index contributed by atoms with van der Waals surface area (Å²) in [4.78, 5) is 28.4. The second-order valence-electron chi connectivity index (χ2n) is 10.7. The lowest BCUT2D eigenvalue weighted by atomic mass is 10.0. The summed E-state index contributed by atoms with van der Waals surface area (Å²) >= 11 is 0. The van der Waals surface area contributed by atoms with Gasteiger partial charge in [0.1, 0.15) is 11.4 Å². The first-order valence-electron chi connectivity index (χ1n) is 13.3. The summed E-state index contributed by atoms with van der Waals surface area (Å²) in [7, 11) is 1.53. The number of carbonyl (C=O) groups is 2. The normalized spacial score (nSPS) is 17.9. The van der Waals surface area contributed by atoms with Crippen LogP contribution in [0.15, 0.2) is 66.7 Å². The van der Waals surface area contributed by atoms with Gasteiger partial charge in [0.05, 0.1) is 24.3 Å². The van der Waals surface area contributed by atoms with Gasteiger partial charge in [0.15, 0.2) is 6.79 Å². The minimum absolute atomic E-state index is 0.0112. The zero-order valence-corrected chi connectivity index (χ0v) is 23.1. The third kappa shape index (κ3) is 7.94. The van der Waals surface area contributed by atoms with Gasteiger partial charge in [0.25, 0.3) is 5.91 Å². The van der Waals surface area contributed by atoms with E-state index in [2.05, 4.69) is 5.32 Å². The molecule has 0 radical (unpaired) electrons. The number of rotatable bonds is 8. The van der Waals surface area contributed by atoms with E-state index in [0.29, 0.717) is 30.9 Å². The maximum atomic E-state index is 13.8. The molecule has 208 valence electrons. The Kier molecular flexibility index (Phi) is 9.43. The third-order valence-electron chi connectivity index (χ3n) is 6.48. The quantitative estimate of drug-likeness (QED) is 0.382. The summed E-state index contributed by atoms with van der Waals surface area (Å²) < 4.78 is 22.9. The summed E-state index contributed by atoms with van der Waals surface area (Å²) in [5.74, 6) is 0.114. The second kappa shape index (κ2) is 13.0. The maximum Gasteiger partial charge on any atom is 0.410 e. The van der Waals surface area contributed by atoms with Crippen LogP contribution in [-0.4, -0.2) is 61.6 Å². The number of nitrogens with zero attached hydrogens (tertiary/aromatic N) is 1. The summed E-state index contributed by atoms with van der Waals surface area (Å²) in [5, 5.41) is 5.03. The molecule has 3 aromatic rings. The van der Waals surface area contributed by atoms with Crippen LogP contribution in [0.1, 0.15) is 49.5 Å². The Morgan fingerprint density at radius 2 is 1.69 bits per heavy atom. The highest BCUT2D eigenvalue weighted by atomic mass is 16.7. The molecule has 1 heterocycles. The Hall–Kier alpha value is -3.62. The van der Waals surface area contributed by atoms with Gasteiger partial charge in [0, 0.05) is 20.2 Å². The van der Waals surface area contributed by atoms with Crippen LogP contribution >= 0.6 is 0 Å². The van der Waals surface area contributed by atoms with E-state index in [9.17, 15) is 9.59 Å². The zero-order chi connectivity index (χ0) is 27.8. The van der Waals surface area contributed by atoms with Crippen LogP contribution in [0.25, 0.3) is 10.8 Å². The minimum Gasteiger partial charge on any atom is -0.467 e. The van der Waals surface area contributed by atoms with Crippen LogP contribution in [0.2, 0.25) is 0 Å². The second-order valence-corrected chi connectivity index (χ2v) is 10.7. The van der Waals surface area contributed by atoms with Crippen molar-refractivity contribution in [2.75, 3.05) is 27.0 Å². The number of methoxy groups -OCH3 is 1. The molecule has 3 aromatic carbocycles. The Bertz CT molecular complexity index is 1260. The predicted octanol–water partition coefficient (Wildman–Crippen LogP) is 5.54. The summed E-state index contributed by atoms with van der Waals surface area (Å²) in [6.45, 7) is 6.73. The molecule has 1 saturated heterocycles. The van der Waals surface area contributed by atoms with Crippen molar-refractivity contribution in [1.82, 2.24) is 10.2 Å². The molecule has 8 heteroatoms.